The molecule has 1 aliphatic rings. The second kappa shape index (κ2) is 7.27. The molecule has 5 nitrogen and oxygen atoms in total. The summed E-state index contributed by atoms with van der Waals surface area (Å²) >= 11 is 0. The molecular formula is C12H21NO4. The highest BCUT2D eigenvalue weighted by Crippen LogP contribution is 2.25. The van der Waals surface area contributed by atoms with Gasteiger partial charge in [-0.1, -0.05) is 13.3 Å². The molecule has 0 aromatic carbocycles. The Bertz CT molecular complexity index is 278. The third kappa shape index (κ3) is 4.34. The van der Waals surface area contributed by atoms with E-state index in [1.807, 2.05) is 6.92 Å². The molecular weight excluding hydrogens is 222 g/mol. The first-order chi connectivity index (χ1) is 8.24. The minimum atomic E-state index is -0.526. The molecule has 1 rings (SSSR count). The van der Waals surface area contributed by atoms with Gasteiger partial charge in [0.05, 0.1) is 13.2 Å². The van der Waals surface area contributed by atoms with Gasteiger partial charge in [-0.25, -0.2) is 4.79 Å². The lowest BCUT2D eigenvalue weighted by atomic mass is 10.3. The topological polar surface area (TPSA) is 60.4 Å². The van der Waals surface area contributed by atoms with Crippen molar-refractivity contribution in [1.29, 1.82) is 0 Å². The Labute approximate surface area is 102 Å². The number of ether oxygens (including phenoxy) is 3. The molecule has 0 radical (unpaired) electrons. The molecule has 2 unspecified atom stereocenters. The number of epoxide rings is 1. The fourth-order valence-electron chi connectivity index (χ4n) is 1.42. The quantitative estimate of drug-likeness (QED) is 0.224. The van der Waals surface area contributed by atoms with Gasteiger partial charge in [-0.05, 0) is 20.3 Å². The molecule has 1 fully saturated rings. The minimum absolute atomic E-state index is 0.333. The zero-order valence-electron chi connectivity index (χ0n) is 10.8. The summed E-state index contributed by atoms with van der Waals surface area (Å²) in [6, 6.07) is 0. The van der Waals surface area contributed by atoms with Gasteiger partial charge in [0.2, 0.25) is 5.90 Å². The van der Waals surface area contributed by atoms with Crippen LogP contribution in [0.4, 0.5) is 0 Å². The van der Waals surface area contributed by atoms with E-state index >= 15 is 0 Å². The van der Waals surface area contributed by atoms with Crippen LogP contribution in [-0.4, -0.2) is 43.8 Å². The first kappa shape index (κ1) is 14.0. The van der Waals surface area contributed by atoms with Crippen LogP contribution in [0, 0.1) is 0 Å². The number of carbonyl (C=O) groups is 1. The van der Waals surface area contributed by atoms with Crippen LogP contribution in [0.1, 0.15) is 33.6 Å². The smallest absolute Gasteiger partial charge is 0.338 e. The average molecular weight is 243 g/mol. The SMILES string of the molecule is CCCCN=C(OCC)C1OC1C(=O)OCC. The predicted molar refractivity (Wildman–Crippen MR) is 64.1 cm³/mol. The predicted octanol–water partition coefficient (Wildman–Crippen LogP) is 1.55. The second-order valence-electron chi connectivity index (χ2n) is 3.74. The van der Waals surface area contributed by atoms with Crippen LogP contribution >= 0.6 is 0 Å². The van der Waals surface area contributed by atoms with E-state index in [9.17, 15) is 4.79 Å². The van der Waals surface area contributed by atoms with Gasteiger partial charge in [-0.2, -0.15) is 0 Å². The summed E-state index contributed by atoms with van der Waals surface area (Å²) in [5, 5.41) is 0. The van der Waals surface area contributed by atoms with Gasteiger partial charge in [-0.15, -0.1) is 0 Å². The number of esters is 1. The number of unbranched alkanes of at least 4 members (excludes halogenated alkanes) is 1. The molecule has 17 heavy (non-hydrogen) atoms. The summed E-state index contributed by atoms with van der Waals surface area (Å²) in [7, 11) is 0. The van der Waals surface area contributed by atoms with Crippen molar-refractivity contribution in [2.75, 3.05) is 19.8 Å². The van der Waals surface area contributed by atoms with E-state index in [4.69, 9.17) is 14.2 Å². The maximum atomic E-state index is 11.4. The molecule has 0 aromatic rings. The summed E-state index contributed by atoms with van der Waals surface area (Å²) in [6.07, 6.45) is 1.22. The highest BCUT2D eigenvalue weighted by atomic mass is 16.7. The number of nitrogens with zero attached hydrogens (tertiary/aromatic N) is 1. The average Bonchev–Trinajstić information content (AvgIpc) is 3.08. The fourth-order valence-corrected chi connectivity index (χ4v) is 1.42. The summed E-state index contributed by atoms with van der Waals surface area (Å²) in [5.41, 5.74) is 0. The third-order valence-corrected chi connectivity index (χ3v) is 2.33. The Morgan fingerprint density at radius 1 is 1.18 bits per heavy atom. The van der Waals surface area contributed by atoms with Gasteiger partial charge < -0.3 is 14.2 Å². The van der Waals surface area contributed by atoms with E-state index in [0.29, 0.717) is 25.7 Å². The third-order valence-electron chi connectivity index (χ3n) is 2.33. The standard InChI is InChI=1S/C12H21NO4/c1-4-7-8-13-11(15-5-2)9-10(17-9)12(14)16-6-3/h9-10H,4-8H2,1-3H3. The van der Waals surface area contributed by atoms with Gasteiger partial charge in [0.15, 0.2) is 12.2 Å². The van der Waals surface area contributed by atoms with Gasteiger partial charge in [0, 0.05) is 6.54 Å². The van der Waals surface area contributed by atoms with Crippen molar-refractivity contribution in [2.24, 2.45) is 4.99 Å². The second-order valence-corrected chi connectivity index (χ2v) is 3.74. The van der Waals surface area contributed by atoms with E-state index in [1.54, 1.807) is 6.92 Å². The van der Waals surface area contributed by atoms with E-state index in [-0.39, 0.29) is 12.1 Å². The number of rotatable bonds is 7. The molecule has 5 heteroatoms. The van der Waals surface area contributed by atoms with Crippen molar-refractivity contribution in [3.05, 3.63) is 0 Å². The van der Waals surface area contributed by atoms with Gasteiger partial charge >= 0.3 is 5.97 Å². The Morgan fingerprint density at radius 2 is 1.88 bits per heavy atom. The van der Waals surface area contributed by atoms with Crippen LogP contribution in [0.3, 0.4) is 0 Å². The number of carbonyl (C=O) groups excluding carboxylic acids is 1. The first-order valence-electron chi connectivity index (χ1n) is 6.23. The molecule has 98 valence electrons. The Morgan fingerprint density at radius 3 is 2.47 bits per heavy atom. The molecule has 0 amide bonds. The lowest BCUT2D eigenvalue weighted by Crippen LogP contribution is -2.21. The van der Waals surface area contributed by atoms with Crippen molar-refractivity contribution >= 4 is 11.9 Å². The van der Waals surface area contributed by atoms with Crippen LogP contribution in [-0.2, 0) is 19.0 Å². The molecule has 0 aliphatic carbocycles. The normalized spacial score (nSPS) is 23.4. The van der Waals surface area contributed by atoms with Crippen LogP contribution in [0.2, 0.25) is 0 Å². The van der Waals surface area contributed by atoms with E-state index < -0.39 is 6.10 Å². The highest BCUT2D eigenvalue weighted by molar-refractivity contribution is 5.92. The van der Waals surface area contributed by atoms with E-state index in [0.717, 1.165) is 12.8 Å². The lowest BCUT2D eigenvalue weighted by Gasteiger charge is -2.04. The molecule has 1 saturated heterocycles. The monoisotopic (exact) mass is 243 g/mol. The maximum absolute atomic E-state index is 11.4. The molecule has 0 aromatic heterocycles. The molecule has 0 bridgehead atoms. The summed E-state index contributed by atoms with van der Waals surface area (Å²) < 4.78 is 15.5. The minimum Gasteiger partial charge on any atom is -0.479 e. The lowest BCUT2D eigenvalue weighted by molar-refractivity contribution is -0.144. The Hall–Kier alpha value is -1.10. The van der Waals surface area contributed by atoms with Crippen LogP contribution < -0.4 is 0 Å². The van der Waals surface area contributed by atoms with Gasteiger partial charge in [-0.3, -0.25) is 4.99 Å². The Kier molecular flexibility index (Phi) is 5.97. The molecule has 0 N–H and O–H groups in total. The fraction of sp³-hybridized carbons (Fsp3) is 0.833. The summed E-state index contributed by atoms with van der Waals surface area (Å²) in [6.45, 7) is 7.36. The molecule has 0 spiro atoms. The largest absolute Gasteiger partial charge is 0.479 e. The van der Waals surface area contributed by atoms with Gasteiger partial charge in [0.1, 0.15) is 0 Å². The van der Waals surface area contributed by atoms with Crippen LogP contribution in [0.5, 0.6) is 0 Å². The maximum Gasteiger partial charge on any atom is 0.338 e. The van der Waals surface area contributed by atoms with Crippen LogP contribution in [0.25, 0.3) is 0 Å². The molecule has 1 aliphatic heterocycles. The first-order valence-corrected chi connectivity index (χ1v) is 6.23. The van der Waals surface area contributed by atoms with Crippen molar-refractivity contribution in [3.8, 4) is 0 Å². The Balaban J connectivity index is 2.45. The van der Waals surface area contributed by atoms with Crippen molar-refractivity contribution in [1.82, 2.24) is 0 Å². The van der Waals surface area contributed by atoms with Crippen molar-refractivity contribution in [3.63, 3.8) is 0 Å². The van der Waals surface area contributed by atoms with E-state index in [1.165, 1.54) is 0 Å². The number of aliphatic imine (C=N–C) groups is 1. The zero-order valence-corrected chi connectivity index (χ0v) is 10.8. The highest BCUT2D eigenvalue weighted by Gasteiger charge is 2.51. The molecule has 0 saturated carbocycles. The molecule has 1 heterocycles. The summed E-state index contributed by atoms with van der Waals surface area (Å²) in [4.78, 5) is 15.7. The van der Waals surface area contributed by atoms with Crippen LogP contribution in [0.15, 0.2) is 4.99 Å². The molecule has 2 atom stereocenters. The van der Waals surface area contributed by atoms with E-state index in [2.05, 4.69) is 11.9 Å². The van der Waals surface area contributed by atoms with Crippen molar-refractivity contribution < 1.29 is 19.0 Å². The van der Waals surface area contributed by atoms with Gasteiger partial charge in [0.25, 0.3) is 0 Å². The number of hydrogen-bond acceptors (Lipinski definition) is 5. The zero-order chi connectivity index (χ0) is 12.7. The summed E-state index contributed by atoms with van der Waals surface area (Å²) in [5.74, 6) is 0.194. The van der Waals surface area contributed by atoms with Crippen molar-refractivity contribution in [2.45, 2.75) is 45.8 Å². The number of hydrogen-bond donors (Lipinski definition) is 0.